The van der Waals surface area contributed by atoms with E-state index in [0.717, 1.165) is 0 Å². The maximum Gasteiger partial charge on any atom is 0.297 e. The lowest BCUT2D eigenvalue weighted by atomic mass is 10.2. The predicted octanol–water partition coefficient (Wildman–Crippen LogP) is 1.56. The Kier molecular flexibility index (Phi) is 3.20. The number of aliphatic hydroxyl groups excluding tert-OH is 1. The first-order valence-electron chi connectivity index (χ1n) is 3.70. The van der Waals surface area contributed by atoms with Gasteiger partial charge in [0.25, 0.3) is 12.1 Å². The molecule has 0 aliphatic heterocycles. The monoisotopic (exact) mass is 222 g/mol. The molecular weight excluding hydrogens is 217 g/mol. The number of pyridine rings is 1. The lowest BCUT2D eigenvalue weighted by molar-refractivity contribution is -0.386. The molecule has 0 aliphatic carbocycles. The number of nitrogens with zero attached hydrogens (tertiary/aromatic N) is 2. The van der Waals surface area contributed by atoms with Gasteiger partial charge in [-0.1, -0.05) is 0 Å². The number of hydrogen-bond donors (Lipinski definition) is 1. The van der Waals surface area contributed by atoms with Crippen LogP contribution in [0.4, 0.5) is 18.9 Å². The van der Waals surface area contributed by atoms with Crippen LogP contribution in [-0.2, 0) is 6.61 Å². The second-order valence-corrected chi connectivity index (χ2v) is 2.56. The van der Waals surface area contributed by atoms with Crippen molar-refractivity contribution in [2.24, 2.45) is 0 Å². The van der Waals surface area contributed by atoms with Gasteiger partial charge in [0.1, 0.15) is 0 Å². The molecule has 82 valence electrons. The van der Waals surface area contributed by atoms with Gasteiger partial charge in [-0.25, -0.2) is 13.8 Å². The van der Waals surface area contributed by atoms with Crippen molar-refractivity contribution in [3.63, 3.8) is 0 Å². The number of rotatable bonds is 3. The number of aromatic nitrogens is 1. The topological polar surface area (TPSA) is 76.3 Å². The largest absolute Gasteiger partial charge is 0.392 e. The van der Waals surface area contributed by atoms with Crippen LogP contribution in [-0.4, -0.2) is 15.0 Å². The number of hydrogen-bond acceptors (Lipinski definition) is 4. The van der Waals surface area contributed by atoms with Crippen molar-refractivity contribution in [1.82, 2.24) is 4.98 Å². The Hall–Kier alpha value is -1.70. The van der Waals surface area contributed by atoms with Crippen LogP contribution in [0.5, 0.6) is 0 Å². The van der Waals surface area contributed by atoms with Crippen LogP contribution >= 0.6 is 0 Å². The van der Waals surface area contributed by atoms with Crippen LogP contribution in [0, 0.1) is 16.1 Å². The molecule has 5 nitrogen and oxygen atoms in total. The average Bonchev–Trinajstić information content (AvgIpc) is 2.16. The molecule has 0 saturated carbocycles. The van der Waals surface area contributed by atoms with Crippen LogP contribution < -0.4 is 0 Å². The number of halogens is 3. The summed E-state index contributed by atoms with van der Waals surface area (Å²) in [6.45, 7) is -0.844. The van der Waals surface area contributed by atoms with E-state index in [0.29, 0.717) is 6.07 Å². The molecule has 0 aliphatic rings. The van der Waals surface area contributed by atoms with Gasteiger partial charge in [-0.05, 0) is 0 Å². The lowest BCUT2D eigenvalue weighted by Gasteiger charge is -2.03. The minimum absolute atomic E-state index is 0.494. The fourth-order valence-electron chi connectivity index (χ4n) is 0.951. The van der Waals surface area contributed by atoms with Gasteiger partial charge in [0.2, 0.25) is 5.95 Å². The van der Waals surface area contributed by atoms with Crippen molar-refractivity contribution < 1.29 is 23.2 Å². The molecule has 8 heteroatoms. The third kappa shape index (κ3) is 2.21. The summed E-state index contributed by atoms with van der Waals surface area (Å²) in [7, 11) is 0. The fourth-order valence-corrected chi connectivity index (χ4v) is 0.951. The highest BCUT2D eigenvalue weighted by atomic mass is 19.3. The minimum Gasteiger partial charge on any atom is -0.392 e. The molecule has 1 N–H and O–H groups in total. The van der Waals surface area contributed by atoms with E-state index in [9.17, 15) is 23.3 Å². The number of nitro groups is 1. The van der Waals surface area contributed by atoms with E-state index < -0.39 is 40.8 Å². The number of alkyl halides is 2. The summed E-state index contributed by atoms with van der Waals surface area (Å²) in [6, 6.07) is 0.545. The van der Waals surface area contributed by atoms with E-state index in [4.69, 9.17) is 5.11 Å². The summed E-state index contributed by atoms with van der Waals surface area (Å²) in [5.74, 6) is -1.33. The zero-order valence-corrected chi connectivity index (χ0v) is 7.15. The second kappa shape index (κ2) is 4.22. The van der Waals surface area contributed by atoms with Gasteiger partial charge in [-0.3, -0.25) is 10.1 Å². The van der Waals surface area contributed by atoms with Crippen LogP contribution in [0.25, 0.3) is 0 Å². The van der Waals surface area contributed by atoms with Crippen molar-refractivity contribution in [3.8, 4) is 0 Å². The Morgan fingerprint density at radius 2 is 2.20 bits per heavy atom. The van der Waals surface area contributed by atoms with Crippen molar-refractivity contribution in [2.45, 2.75) is 13.0 Å². The molecule has 0 atom stereocenters. The highest BCUT2D eigenvalue weighted by Gasteiger charge is 2.26. The molecular formula is C7H5F3N2O3. The van der Waals surface area contributed by atoms with Crippen LogP contribution in [0.3, 0.4) is 0 Å². The van der Waals surface area contributed by atoms with E-state index in [-0.39, 0.29) is 0 Å². The van der Waals surface area contributed by atoms with Gasteiger partial charge in [0.05, 0.1) is 11.5 Å². The summed E-state index contributed by atoms with van der Waals surface area (Å²) in [6.07, 6.45) is -3.24. The smallest absolute Gasteiger partial charge is 0.297 e. The maximum atomic E-state index is 12.8. The van der Waals surface area contributed by atoms with E-state index in [1.54, 1.807) is 0 Å². The Labute approximate surface area is 81.3 Å². The van der Waals surface area contributed by atoms with Crippen molar-refractivity contribution >= 4 is 5.69 Å². The van der Waals surface area contributed by atoms with Gasteiger partial charge < -0.3 is 5.11 Å². The van der Waals surface area contributed by atoms with E-state index in [1.807, 2.05) is 0 Å². The Balaban J connectivity index is 3.39. The zero-order valence-electron chi connectivity index (χ0n) is 7.15. The third-order valence-corrected chi connectivity index (χ3v) is 1.63. The Morgan fingerprint density at radius 1 is 1.60 bits per heavy atom. The summed E-state index contributed by atoms with van der Waals surface area (Å²) in [5.41, 5.74) is -2.74. The van der Waals surface area contributed by atoms with Gasteiger partial charge in [-0.2, -0.15) is 4.39 Å². The van der Waals surface area contributed by atoms with Gasteiger partial charge in [0.15, 0.2) is 5.69 Å². The molecule has 0 amide bonds. The molecule has 0 saturated heterocycles. The van der Waals surface area contributed by atoms with Gasteiger partial charge in [0, 0.05) is 11.6 Å². The Morgan fingerprint density at radius 3 is 2.60 bits per heavy atom. The first kappa shape index (κ1) is 11.4. The molecule has 0 unspecified atom stereocenters. The van der Waals surface area contributed by atoms with E-state index >= 15 is 0 Å². The Bertz CT molecular complexity index is 397. The summed E-state index contributed by atoms with van der Waals surface area (Å²) in [4.78, 5) is 12.0. The molecule has 1 heterocycles. The maximum absolute atomic E-state index is 12.8. The highest BCUT2D eigenvalue weighted by molar-refractivity contribution is 5.39. The molecule has 1 aromatic rings. The van der Waals surface area contributed by atoms with Crippen molar-refractivity contribution in [1.29, 1.82) is 0 Å². The third-order valence-electron chi connectivity index (χ3n) is 1.63. The zero-order chi connectivity index (χ0) is 11.6. The normalized spacial score (nSPS) is 10.7. The standard InChI is InChI=1S/C7H5F3N2O3/c8-6(9)5-4(12(14)15)1-3(2-13)7(10)11-5/h1,6,13H,2H2. The van der Waals surface area contributed by atoms with E-state index in [1.165, 1.54) is 0 Å². The number of aliphatic hydroxyl groups is 1. The molecule has 1 aromatic heterocycles. The molecule has 0 bridgehead atoms. The lowest BCUT2D eigenvalue weighted by Crippen LogP contribution is -2.04. The average molecular weight is 222 g/mol. The van der Waals surface area contributed by atoms with Crippen molar-refractivity contribution in [3.05, 3.63) is 33.4 Å². The molecule has 0 radical (unpaired) electrons. The van der Waals surface area contributed by atoms with Crippen LogP contribution in [0.1, 0.15) is 17.7 Å². The van der Waals surface area contributed by atoms with Gasteiger partial charge in [-0.15, -0.1) is 0 Å². The molecule has 0 spiro atoms. The van der Waals surface area contributed by atoms with Crippen LogP contribution in [0.2, 0.25) is 0 Å². The molecule has 0 fully saturated rings. The molecule has 15 heavy (non-hydrogen) atoms. The molecule has 0 aromatic carbocycles. The first-order valence-corrected chi connectivity index (χ1v) is 3.70. The SMILES string of the molecule is O=[N+]([O-])c1cc(CO)c(F)nc1C(F)F. The first-order chi connectivity index (χ1) is 6.97. The molecule has 1 rings (SSSR count). The minimum atomic E-state index is -3.24. The summed E-state index contributed by atoms with van der Waals surface area (Å²) in [5, 5.41) is 18.9. The van der Waals surface area contributed by atoms with E-state index in [2.05, 4.69) is 4.98 Å². The highest BCUT2D eigenvalue weighted by Crippen LogP contribution is 2.28. The van der Waals surface area contributed by atoms with Crippen molar-refractivity contribution in [2.75, 3.05) is 0 Å². The fraction of sp³-hybridized carbons (Fsp3) is 0.286. The second-order valence-electron chi connectivity index (χ2n) is 2.56. The van der Waals surface area contributed by atoms with Crippen LogP contribution in [0.15, 0.2) is 6.07 Å². The van der Waals surface area contributed by atoms with Gasteiger partial charge >= 0.3 is 0 Å². The summed E-state index contributed by atoms with van der Waals surface area (Å²) < 4.78 is 37.2. The predicted molar refractivity (Wildman–Crippen MR) is 41.7 cm³/mol. The summed E-state index contributed by atoms with van der Waals surface area (Å²) >= 11 is 0. The quantitative estimate of drug-likeness (QED) is 0.478.